The van der Waals surface area contributed by atoms with E-state index in [1.165, 1.54) is 37.9 Å². The minimum absolute atomic E-state index is 0.284. The zero-order chi connectivity index (χ0) is 15.4. The van der Waals surface area contributed by atoms with Crippen LogP contribution >= 0.6 is 0 Å². The Morgan fingerprint density at radius 2 is 2.09 bits per heavy atom. The summed E-state index contributed by atoms with van der Waals surface area (Å²) < 4.78 is 16.4. The topological polar surface area (TPSA) is 43.0 Å². The lowest BCUT2D eigenvalue weighted by molar-refractivity contribution is 0.170. The van der Waals surface area contributed by atoms with E-state index in [2.05, 4.69) is 22.3 Å². The second-order valence-electron chi connectivity index (χ2n) is 6.14. The molecule has 0 aromatic heterocycles. The molecule has 0 saturated carbocycles. The van der Waals surface area contributed by atoms with E-state index < -0.39 is 0 Å². The molecule has 0 unspecified atom stereocenters. The number of rotatable bonds is 6. The van der Waals surface area contributed by atoms with Gasteiger partial charge in [-0.05, 0) is 69.6 Å². The molecule has 5 nitrogen and oxygen atoms in total. The number of benzene rings is 1. The van der Waals surface area contributed by atoms with Crippen LogP contribution in [0.1, 0.15) is 24.8 Å². The molecule has 0 amide bonds. The second-order valence-corrected chi connectivity index (χ2v) is 6.14. The van der Waals surface area contributed by atoms with Gasteiger partial charge in [0.2, 0.25) is 12.5 Å². The Morgan fingerprint density at radius 3 is 2.82 bits per heavy atom. The van der Waals surface area contributed by atoms with Crippen molar-refractivity contribution in [1.29, 1.82) is 0 Å². The first kappa shape index (κ1) is 15.4. The first-order chi connectivity index (χ1) is 10.8. The molecule has 3 rings (SSSR count). The predicted molar refractivity (Wildman–Crippen MR) is 85.7 cm³/mol. The number of nitrogens with one attached hydrogen (secondary N) is 1. The van der Waals surface area contributed by atoms with Gasteiger partial charge in [0.1, 0.15) is 0 Å². The predicted octanol–water partition coefficient (Wildman–Crippen LogP) is 2.25. The smallest absolute Gasteiger partial charge is 0.231 e. The van der Waals surface area contributed by atoms with Crippen LogP contribution in [0, 0.1) is 5.92 Å². The molecule has 22 heavy (non-hydrogen) atoms. The lowest BCUT2D eigenvalue weighted by Gasteiger charge is -2.32. The number of hydrogen-bond acceptors (Lipinski definition) is 5. The van der Waals surface area contributed by atoms with Gasteiger partial charge >= 0.3 is 0 Å². The Morgan fingerprint density at radius 1 is 1.27 bits per heavy atom. The fourth-order valence-electron chi connectivity index (χ4n) is 3.32. The highest BCUT2D eigenvalue weighted by Crippen LogP contribution is 2.42. The number of piperidine rings is 1. The summed E-state index contributed by atoms with van der Waals surface area (Å²) in [5.41, 5.74) is 1.23. The van der Waals surface area contributed by atoms with Gasteiger partial charge in [0.05, 0.1) is 7.11 Å². The largest absolute Gasteiger partial charge is 0.493 e. The fourth-order valence-corrected chi connectivity index (χ4v) is 3.32. The number of ether oxygens (including phenoxy) is 3. The van der Waals surface area contributed by atoms with Crippen molar-refractivity contribution < 1.29 is 14.2 Å². The van der Waals surface area contributed by atoms with Gasteiger partial charge in [-0.25, -0.2) is 0 Å². The van der Waals surface area contributed by atoms with Gasteiger partial charge in [-0.1, -0.05) is 0 Å². The Labute approximate surface area is 132 Å². The van der Waals surface area contributed by atoms with Crippen molar-refractivity contribution in [2.75, 3.05) is 40.6 Å². The van der Waals surface area contributed by atoms with Crippen LogP contribution in [0.3, 0.4) is 0 Å². The standard InChI is InChI=1S/C17H26N2O3/c1-18-6-3-13-4-7-19(8-5-13)11-14-9-15(20-2)17-16(10-14)21-12-22-17/h9-10,13,18H,3-8,11-12H2,1-2H3. The summed E-state index contributed by atoms with van der Waals surface area (Å²) in [6.07, 6.45) is 3.88. The van der Waals surface area contributed by atoms with Crippen molar-refractivity contribution in [3.63, 3.8) is 0 Å². The molecule has 0 radical (unpaired) electrons. The van der Waals surface area contributed by atoms with Crippen LogP contribution in [0.4, 0.5) is 0 Å². The third-order valence-electron chi connectivity index (χ3n) is 4.63. The molecule has 1 saturated heterocycles. The van der Waals surface area contributed by atoms with Gasteiger partial charge in [0.15, 0.2) is 11.5 Å². The van der Waals surface area contributed by atoms with Crippen LogP contribution in [-0.2, 0) is 6.54 Å². The number of nitrogens with zero attached hydrogens (tertiary/aromatic N) is 1. The van der Waals surface area contributed by atoms with Crippen molar-refractivity contribution >= 4 is 0 Å². The Kier molecular flexibility index (Phi) is 5.05. The molecule has 2 aliphatic heterocycles. The maximum absolute atomic E-state index is 5.50. The minimum atomic E-state index is 0.284. The zero-order valence-electron chi connectivity index (χ0n) is 13.6. The summed E-state index contributed by atoms with van der Waals surface area (Å²) in [6, 6.07) is 4.15. The molecule has 1 N–H and O–H groups in total. The fraction of sp³-hybridized carbons (Fsp3) is 0.647. The number of methoxy groups -OCH3 is 1. The molecule has 0 bridgehead atoms. The van der Waals surface area contributed by atoms with Crippen LogP contribution in [-0.4, -0.2) is 45.5 Å². The van der Waals surface area contributed by atoms with Gasteiger partial charge < -0.3 is 19.5 Å². The van der Waals surface area contributed by atoms with Crippen LogP contribution < -0.4 is 19.5 Å². The normalized spacial score (nSPS) is 18.6. The highest BCUT2D eigenvalue weighted by atomic mass is 16.7. The lowest BCUT2D eigenvalue weighted by Crippen LogP contribution is -2.34. The SMILES string of the molecule is CNCCC1CCN(Cc2cc(OC)c3c(c2)OCO3)CC1. The molecular formula is C17H26N2O3. The van der Waals surface area contributed by atoms with Crippen LogP contribution in [0.5, 0.6) is 17.2 Å². The van der Waals surface area contributed by atoms with Gasteiger partial charge in [0.25, 0.3) is 0 Å². The Bertz CT molecular complexity index is 499. The molecule has 5 heteroatoms. The van der Waals surface area contributed by atoms with Crippen molar-refractivity contribution in [1.82, 2.24) is 10.2 Å². The molecule has 1 fully saturated rings. The molecule has 2 aliphatic rings. The summed E-state index contributed by atoms with van der Waals surface area (Å²) >= 11 is 0. The first-order valence-electron chi connectivity index (χ1n) is 8.13. The van der Waals surface area contributed by atoms with Crippen molar-refractivity contribution in [3.8, 4) is 17.2 Å². The molecule has 2 heterocycles. The molecule has 0 atom stereocenters. The second kappa shape index (κ2) is 7.20. The van der Waals surface area contributed by atoms with Gasteiger partial charge in [0, 0.05) is 6.54 Å². The molecule has 1 aromatic rings. The van der Waals surface area contributed by atoms with Crippen LogP contribution in [0.25, 0.3) is 0 Å². The van der Waals surface area contributed by atoms with Gasteiger partial charge in [-0.15, -0.1) is 0 Å². The monoisotopic (exact) mass is 306 g/mol. The molecular weight excluding hydrogens is 280 g/mol. The van der Waals surface area contributed by atoms with Crippen LogP contribution in [0.2, 0.25) is 0 Å². The van der Waals surface area contributed by atoms with Crippen molar-refractivity contribution in [3.05, 3.63) is 17.7 Å². The van der Waals surface area contributed by atoms with E-state index in [4.69, 9.17) is 14.2 Å². The first-order valence-corrected chi connectivity index (χ1v) is 8.13. The van der Waals surface area contributed by atoms with Crippen molar-refractivity contribution in [2.45, 2.75) is 25.8 Å². The van der Waals surface area contributed by atoms with E-state index in [1.807, 2.05) is 7.05 Å². The van der Waals surface area contributed by atoms with Crippen LogP contribution in [0.15, 0.2) is 12.1 Å². The van der Waals surface area contributed by atoms with E-state index in [0.717, 1.165) is 36.3 Å². The minimum Gasteiger partial charge on any atom is -0.493 e. The quantitative estimate of drug-likeness (QED) is 0.873. The molecule has 1 aromatic carbocycles. The van der Waals surface area contributed by atoms with Gasteiger partial charge in [-0.3, -0.25) is 4.90 Å². The highest BCUT2D eigenvalue weighted by molar-refractivity contribution is 5.55. The van der Waals surface area contributed by atoms with E-state index in [0.29, 0.717) is 0 Å². The van der Waals surface area contributed by atoms with E-state index in [1.54, 1.807) is 7.11 Å². The van der Waals surface area contributed by atoms with Crippen molar-refractivity contribution in [2.24, 2.45) is 5.92 Å². The Hall–Kier alpha value is -1.46. The lowest BCUT2D eigenvalue weighted by atomic mass is 9.93. The van der Waals surface area contributed by atoms with E-state index in [-0.39, 0.29) is 6.79 Å². The maximum Gasteiger partial charge on any atom is 0.231 e. The summed E-state index contributed by atoms with van der Waals surface area (Å²) in [5, 5.41) is 3.25. The summed E-state index contributed by atoms with van der Waals surface area (Å²) in [7, 11) is 3.70. The third-order valence-corrected chi connectivity index (χ3v) is 4.63. The highest BCUT2D eigenvalue weighted by Gasteiger charge is 2.22. The summed E-state index contributed by atoms with van der Waals surface area (Å²) in [5.74, 6) is 3.18. The molecule has 122 valence electrons. The van der Waals surface area contributed by atoms with E-state index in [9.17, 15) is 0 Å². The summed E-state index contributed by atoms with van der Waals surface area (Å²) in [6.45, 7) is 4.71. The summed E-state index contributed by atoms with van der Waals surface area (Å²) in [4.78, 5) is 2.52. The van der Waals surface area contributed by atoms with E-state index >= 15 is 0 Å². The third kappa shape index (κ3) is 3.47. The average molecular weight is 306 g/mol. The Balaban J connectivity index is 1.58. The average Bonchev–Trinajstić information content (AvgIpc) is 3.02. The zero-order valence-corrected chi connectivity index (χ0v) is 13.6. The number of hydrogen-bond donors (Lipinski definition) is 1. The van der Waals surface area contributed by atoms with Gasteiger partial charge in [-0.2, -0.15) is 0 Å². The number of fused-ring (bicyclic) bond motifs is 1. The number of likely N-dealkylation sites (tertiary alicyclic amines) is 1. The molecule has 0 aliphatic carbocycles. The molecule has 0 spiro atoms. The maximum atomic E-state index is 5.50.